The summed E-state index contributed by atoms with van der Waals surface area (Å²) < 4.78 is 18.8. The Morgan fingerprint density at radius 1 is 1.00 bits per heavy atom. The summed E-state index contributed by atoms with van der Waals surface area (Å²) in [6.07, 6.45) is 3.41. The van der Waals surface area contributed by atoms with Crippen LogP contribution in [0.25, 0.3) is 0 Å². The molecular formula is C20H22FN5O3. The highest BCUT2D eigenvalue weighted by Gasteiger charge is 2.38. The highest BCUT2D eigenvalue weighted by Crippen LogP contribution is 2.21. The van der Waals surface area contributed by atoms with E-state index in [-0.39, 0.29) is 30.1 Å². The second-order valence-corrected chi connectivity index (χ2v) is 7.08. The molecule has 0 N–H and O–H groups in total. The molecule has 0 atom stereocenters. The molecule has 2 aromatic rings. The summed E-state index contributed by atoms with van der Waals surface area (Å²) in [6.45, 7) is 3.09. The molecule has 1 aromatic heterocycles. The first-order valence-electron chi connectivity index (χ1n) is 9.57. The smallest absolute Gasteiger partial charge is 0.260 e. The lowest BCUT2D eigenvalue weighted by Gasteiger charge is -2.42. The van der Waals surface area contributed by atoms with E-state index in [1.54, 1.807) is 35.5 Å². The number of amides is 2. The van der Waals surface area contributed by atoms with Gasteiger partial charge < -0.3 is 19.4 Å². The summed E-state index contributed by atoms with van der Waals surface area (Å²) in [7, 11) is 0. The average Bonchev–Trinajstić information content (AvgIpc) is 2.73. The van der Waals surface area contributed by atoms with Crippen molar-refractivity contribution in [2.45, 2.75) is 0 Å². The number of benzene rings is 1. The van der Waals surface area contributed by atoms with E-state index < -0.39 is 5.82 Å². The maximum absolute atomic E-state index is 13.5. The van der Waals surface area contributed by atoms with Gasteiger partial charge in [0.1, 0.15) is 0 Å². The van der Waals surface area contributed by atoms with Gasteiger partial charge in [-0.2, -0.15) is 0 Å². The normalized spacial score (nSPS) is 17.1. The van der Waals surface area contributed by atoms with E-state index in [0.717, 1.165) is 0 Å². The number of para-hydroxylation sites is 1. The number of carbonyl (C=O) groups is 2. The molecule has 8 nitrogen and oxygen atoms in total. The minimum Gasteiger partial charge on any atom is -0.481 e. The number of carbonyl (C=O) groups excluding carboxylic acids is 2. The quantitative estimate of drug-likeness (QED) is 0.740. The number of hydrogen-bond donors (Lipinski definition) is 0. The number of likely N-dealkylation sites (tertiary alicyclic amines) is 1. The molecule has 0 radical (unpaired) electrons. The second kappa shape index (κ2) is 8.42. The largest absolute Gasteiger partial charge is 0.481 e. The molecule has 0 saturated carbocycles. The Hall–Kier alpha value is -3.23. The Bertz CT molecular complexity index is 867. The Balaban J connectivity index is 1.20. The summed E-state index contributed by atoms with van der Waals surface area (Å²) in [5.74, 6) is -0.144. The number of halogens is 1. The SMILES string of the molecule is O=C(COc1ccccc1F)N1CC(C(=O)N2CCN(c3ncccn3)CC2)C1. The Morgan fingerprint density at radius 2 is 1.69 bits per heavy atom. The monoisotopic (exact) mass is 399 g/mol. The fraction of sp³-hybridized carbons (Fsp3) is 0.400. The van der Waals surface area contributed by atoms with Crippen molar-refractivity contribution >= 4 is 17.8 Å². The first-order valence-corrected chi connectivity index (χ1v) is 9.57. The topological polar surface area (TPSA) is 78.9 Å². The van der Waals surface area contributed by atoms with Crippen LogP contribution in [0.15, 0.2) is 42.7 Å². The average molecular weight is 399 g/mol. The van der Waals surface area contributed by atoms with E-state index in [4.69, 9.17) is 4.74 Å². The molecule has 0 unspecified atom stereocenters. The molecule has 0 bridgehead atoms. The van der Waals surface area contributed by atoms with Gasteiger partial charge in [-0.05, 0) is 18.2 Å². The van der Waals surface area contributed by atoms with Crippen molar-refractivity contribution in [3.63, 3.8) is 0 Å². The molecule has 152 valence electrons. The second-order valence-electron chi connectivity index (χ2n) is 7.08. The van der Waals surface area contributed by atoms with Crippen molar-refractivity contribution in [2.75, 3.05) is 50.8 Å². The molecule has 2 fully saturated rings. The predicted octanol–water partition coefficient (Wildman–Crippen LogP) is 0.802. The van der Waals surface area contributed by atoms with E-state index in [2.05, 4.69) is 14.9 Å². The minimum atomic E-state index is -0.503. The van der Waals surface area contributed by atoms with E-state index in [9.17, 15) is 14.0 Å². The standard InChI is InChI=1S/C20H22FN5O3/c21-16-4-1-2-5-17(16)29-14-18(27)26-12-15(13-26)19(28)24-8-10-25(11-9-24)20-22-6-3-7-23-20/h1-7,15H,8-14H2. The number of rotatable bonds is 5. The third-order valence-corrected chi connectivity index (χ3v) is 5.20. The minimum absolute atomic E-state index is 0.0502. The van der Waals surface area contributed by atoms with Gasteiger partial charge in [0.05, 0.1) is 5.92 Å². The van der Waals surface area contributed by atoms with Crippen LogP contribution in [-0.2, 0) is 9.59 Å². The van der Waals surface area contributed by atoms with E-state index in [1.165, 1.54) is 12.1 Å². The summed E-state index contributed by atoms with van der Waals surface area (Å²) in [4.78, 5) is 38.8. The maximum atomic E-state index is 13.5. The lowest BCUT2D eigenvalue weighted by molar-refractivity contribution is -0.149. The Morgan fingerprint density at radius 3 is 2.38 bits per heavy atom. The number of hydrogen-bond acceptors (Lipinski definition) is 6. The summed E-state index contributed by atoms with van der Waals surface area (Å²) in [6, 6.07) is 7.73. The van der Waals surface area contributed by atoms with Crippen LogP contribution in [0.2, 0.25) is 0 Å². The lowest BCUT2D eigenvalue weighted by Crippen LogP contribution is -2.59. The molecule has 4 rings (SSSR count). The first kappa shape index (κ1) is 19.1. The van der Waals surface area contributed by atoms with Crippen LogP contribution >= 0.6 is 0 Å². The van der Waals surface area contributed by atoms with Gasteiger partial charge in [0.15, 0.2) is 18.2 Å². The third-order valence-electron chi connectivity index (χ3n) is 5.20. The van der Waals surface area contributed by atoms with E-state index in [1.807, 2.05) is 4.90 Å². The van der Waals surface area contributed by atoms with Crippen molar-refractivity contribution in [1.82, 2.24) is 19.8 Å². The van der Waals surface area contributed by atoms with Crippen molar-refractivity contribution < 1.29 is 18.7 Å². The number of nitrogens with zero attached hydrogens (tertiary/aromatic N) is 5. The van der Waals surface area contributed by atoms with Gasteiger partial charge in [0.2, 0.25) is 11.9 Å². The Kier molecular flexibility index (Phi) is 5.55. The molecule has 9 heteroatoms. The zero-order valence-electron chi connectivity index (χ0n) is 15.9. The Labute approximate surface area is 167 Å². The van der Waals surface area contributed by atoms with Crippen LogP contribution in [-0.4, -0.2) is 77.5 Å². The van der Waals surface area contributed by atoms with Crippen molar-refractivity contribution in [1.29, 1.82) is 0 Å². The molecule has 2 aliphatic rings. The fourth-order valence-corrected chi connectivity index (χ4v) is 3.47. The van der Waals surface area contributed by atoms with Gasteiger partial charge in [-0.1, -0.05) is 12.1 Å². The first-order chi connectivity index (χ1) is 14.1. The van der Waals surface area contributed by atoms with Gasteiger partial charge >= 0.3 is 0 Å². The van der Waals surface area contributed by atoms with Gasteiger partial charge in [-0.15, -0.1) is 0 Å². The number of anilines is 1. The molecule has 0 aliphatic carbocycles. The van der Waals surface area contributed by atoms with Gasteiger partial charge in [-0.25, -0.2) is 14.4 Å². The summed E-state index contributed by atoms with van der Waals surface area (Å²) >= 11 is 0. The van der Waals surface area contributed by atoms with Crippen LogP contribution in [0.5, 0.6) is 5.75 Å². The maximum Gasteiger partial charge on any atom is 0.260 e. The summed E-state index contributed by atoms with van der Waals surface area (Å²) in [5, 5.41) is 0. The van der Waals surface area contributed by atoms with Crippen LogP contribution in [0.1, 0.15) is 0 Å². The van der Waals surface area contributed by atoms with Crippen LogP contribution in [0.3, 0.4) is 0 Å². The van der Waals surface area contributed by atoms with Gasteiger partial charge in [0, 0.05) is 51.7 Å². The summed E-state index contributed by atoms with van der Waals surface area (Å²) in [5.41, 5.74) is 0. The lowest BCUT2D eigenvalue weighted by atomic mass is 9.98. The fourth-order valence-electron chi connectivity index (χ4n) is 3.47. The highest BCUT2D eigenvalue weighted by atomic mass is 19.1. The van der Waals surface area contributed by atoms with Crippen LogP contribution in [0, 0.1) is 11.7 Å². The molecule has 1 aromatic carbocycles. The van der Waals surface area contributed by atoms with E-state index >= 15 is 0 Å². The van der Waals surface area contributed by atoms with Crippen molar-refractivity contribution in [3.8, 4) is 5.75 Å². The predicted molar refractivity (Wildman–Crippen MR) is 103 cm³/mol. The molecule has 3 heterocycles. The van der Waals surface area contributed by atoms with E-state index in [0.29, 0.717) is 45.2 Å². The van der Waals surface area contributed by atoms with Crippen molar-refractivity contribution in [3.05, 3.63) is 48.5 Å². The highest BCUT2D eigenvalue weighted by molar-refractivity contribution is 5.85. The molecule has 0 spiro atoms. The molecular weight excluding hydrogens is 377 g/mol. The molecule has 2 saturated heterocycles. The number of aromatic nitrogens is 2. The van der Waals surface area contributed by atoms with Gasteiger partial charge in [-0.3, -0.25) is 9.59 Å². The van der Waals surface area contributed by atoms with Crippen molar-refractivity contribution in [2.24, 2.45) is 5.92 Å². The molecule has 2 aliphatic heterocycles. The number of piperazine rings is 1. The molecule has 2 amide bonds. The number of ether oxygens (including phenoxy) is 1. The zero-order chi connectivity index (χ0) is 20.2. The van der Waals surface area contributed by atoms with Crippen LogP contribution < -0.4 is 9.64 Å². The van der Waals surface area contributed by atoms with Crippen LogP contribution in [0.4, 0.5) is 10.3 Å². The van der Waals surface area contributed by atoms with Gasteiger partial charge in [0.25, 0.3) is 5.91 Å². The third kappa shape index (κ3) is 4.28. The molecule has 29 heavy (non-hydrogen) atoms. The zero-order valence-corrected chi connectivity index (χ0v) is 15.9.